The number of aryl methyl sites for hydroxylation is 1. The summed E-state index contributed by atoms with van der Waals surface area (Å²) >= 11 is 0. The van der Waals surface area contributed by atoms with Crippen LogP contribution in [0.1, 0.15) is 5.69 Å². The van der Waals surface area contributed by atoms with E-state index in [1.54, 1.807) is 6.92 Å². The molecule has 0 aliphatic rings. The summed E-state index contributed by atoms with van der Waals surface area (Å²) in [7, 11) is 0. The van der Waals surface area contributed by atoms with E-state index < -0.39 is 23.3 Å². The Morgan fingerprint density at radius 1 is 0.760 bits per heavy atom. The number of benzene rings is 2. The van der Waals surface area contributed by atoms with Crippen LogP contribution in [0.15, 0.2) is 42.5 Å². The Morgan fingerprint density at radius 3 is 2.16 bits per heavy atom. The fraction of sp³-hybridized carbons (Fsp3) is 0.0588. The van der Waals surface area contributed by atoms with Crippen LogP contribution in [-0.2, 0) is 0 Å². The predicted molar refractivity (Wildman–Crippen MR) is 86.1 cm³/mol. The molecule has 0 atom stereocenters. The molecule has 1 aromatic heterocycles. The number of hydrogen-bond donors (Lipinski definition) is 2. The second kappa shape index (κ2) is 6.76. The molecule has 0 spiro atoms. The Morgan fingerprint density at radius 2 is 1.48 bits per heavy atom. The topological polar surface area (TPSA) is 49.8 Å². The quantitative estimate of drug-likeness (QED) is 0.663. The molecule has 8 heteroatoms. The van der Waals surface area contributed by atoms with Crippen molar-refractivity contribution in [2.24, 2.45) is 0 Å². The van der Waals surface area contributed by atoms with Gasteiger partial charge >= 0.3 is 0 Å². The van der Waals surface area contributed by atoms with Crippen LogP contribution in [0.5, 0.6) is 0 Å². The zero-order valence-corrected chi connectivity index (χ0v) is 12.9. The van der Waals surface area contributed by atoms with E-state index in [2.05, 4.69) is 20.6 Å². The lowest BCUT2D eigenvalue weighted by atomic mass is 10.3. The molecule has 2 aromatic carbocycles. The summed E-state index contributed by atoms with van der Waals surface area (Å²) in [6, 6.07) is 8.18. The van der Waals surface area contributed by atoms with E-state index in [9.17, 15) is 17.6 Å². The summed E-state index contributed by atoms with van der Waals surface area (Å²) in [6.07, 6.45) is 0. The van der Waals surface area contributed by atoms with Crippen molar-refractivity contribution in [3.8, 4) is 0 Å². The number of rotatable bonds is 4. The Kier molecular flexibility index (Phi) is 4.51. The van der Waals surface area contributed by atoms with Gasteiger partial charge in [-0.1, -0.05) is 6.07 Å². The highest BCUT2D eigenvalue weighted by molar-refractivity contribution is 5.61. The summed E-state index contributed by atoms with van der Waals surface area (Å²) in [5, 5.41) is 5.26. The Balaban J connectivity index is 1.89. The minimum Gasteiger partial charge on any atom is -0.335 e. The third kappa shape index (κ3) is 3.85. The highest BCUT2D eigenvalue weighted by Crippen LogP contribution is 2.24. The van der Waals surface area contributed by atoms with Gasteiger partial charge in [-0.25, -0.2) is 22.5 Å². The van der Waals surface area contributed by atoms with Crippen LogP contribution in [-0.4, -0.2) is 9.97 Å². The summed E-state index contributed by atoms with van der Waals surface area (Å²) in [4.78, 5) is 8.18. The average molecular weight is 348 g/mol. The number of halogens is 4. The van der Waals surface area contributed by atoms with E-state index in [1.165, 1.54) is 18.2 Å². The van der Waals surface area contributed by atoms with Gasteiger partial charge in [-0.15, -0.1) is 0 Å². The second-order valence-electron chi connectivity index (χ2n) is 5.19. The van der Waals surface area contributed by atoms with Crippen molar-refractivity contribution < 1.29 is 17.6 Å². The maximum absolute atomic E-state index is 13.7. The molecule has 4 nitrogen and oxygen atoms in total. The van der Waals surface area contributed by atoms with E-state index in [0.29, 0.717) is 5.69 Å². The lowest BCUT2D eigenvalue weighted by molar-refractivity contribution is 0.509. The van der Waals surface area contributed by atoms with Crippen molar-refractivity contribution in [3.63, 3.8) is 0 Å². The molecule has 25 heavy (non-hydrogen) atoms. The van der Waals surface area contributed by atoms with Crippen molar-refractivity contribution in [3.05, 3.63) is 71.4 Å². The summed E-state index contributed by atoms with van der Waals surface area (Å²) in [5.41, 5.74) is 0.381. The molecule has 3 rings (SSSR count). The van der Waals surface area contributed by atoms with Crippen LogP contribution in [0.25, 0.3) is 0 Å². The number of nitrogens with zero attached hydrogens (tertiary/aromatic N) is 2. The molecule has 128 valence electrons. The molecule has 0 aliphatic heterocycles. The zero-order chi connectivity index (χ0) is 18.0. The SMILES string of the molecule is Cc1cc(Nc2c(F)cccc2F)nc(Nc2ccc(F)c(F)c2)n1. The van der Waals surface area contributed by atoms with Crippen LogP contribution in [0, 0.1) is 30.2 Å². The van der Waals surface area contributed by atoms with Crippen molar-refractivity contribution >= 4 is 23.1 Å². The highest BCUT2D eigenvalue weighted by Gasteiger charge is 2.11. The van der Waals surface area contributed by atoms with Crippen LogP contribution in [0.2, 0.25) is 0 Å². The van der Waals surface area contributed by atoms with E-state index in [1.807, 2.05) is 0 Å². The van der Waals surface area contributed by atoms with E-state index in [4.69, 9.17) is 0 Å². The molecule has 3 aromatic rings. The predicted octanol–water partition coefficient (Wildman–Crippen LogP) is 4.83. The average Bonchev–Trinajstić information content (AvgIpc) is 2.54. The Bertz CT molecular complexity index is 910. The molecule has 0 saturated carbocycles. The first kappa shape index (κ1) is 16.7. The van der Waals surface area contributed by atoms with Gasteiger partial charge in [0.2, 0.25) is 5.95 Å². The molecule has 2 N–H and O–H groups in total. The number of nitrogens with one attached hydrogen (secondary N) is 2. The van der Waals surface area contributed by atoms with Crippen molar-refractivity contribution in [1.82, 2.24) is 9.97 Å². The Labute approximate surface area is 140 Å². The van der Waals surface area contributed by atoms with Crippen LogP contribution >= 0.6 is 0 Å². The van der Waals surface area contributed by atoms with Crippen molar-refractivity contribution in [2.45, 2.75) is 6.92 Å². The molecule has 1 heterocycles. The van der Waals surface area contributed by atoms with Gasteiger partial charge in [0.05, 0.1) is 0 Å². The third-order valence-corrected chi connectivity index (χ3v) is 3.25. The molecule has 0 amide bonds. The third-order valence-electron chi connectivity index (χ3n) is 3.25. The minimum atomic E-state index is -1.02. The van der Waals surface area contributed by atoms with Crippen molar-refractivity contribution in [2.75, 3.05) is 10.6 Å². The first-order valence-corrected chi connectivity index (χ1v) is 7.21. The van der Waals surface area contributed by atoms with Crippen molar-refractivity contribution in [1.29, 1.82) is 0 Å². The summed E-state index contributed by atoms with van der Waals surface area (Å²) in [6.45, 7) is 1.65. The summed E-state index contributed by atoms with van der Waals surface area (Å²) in [5.74, 6) is -3.35. The number of aromatic nitrogens is 2. The second-order valence-corrected chi connectivity index (χ2v) is 5.19. The molecule has 0 bridgehead atoms. The number of hydrogen-bond acceptors (Lipinski definition) is 4. The molecular weight excluding hydrogens is 336 g/mol. The van der Waals surface area contributed by atoms with Gasteiger partial charge in [-0.2, -0.15) is 4.98 Å². The molecular formula is C17H12F4N4. The van der Waals surface area contributed by atoms with Crippen LogP contribution in [0.3, 0.4) is 0 Å². The molecule has 0 saturated heterocycles. The molecule has 0 aliphatic carbocycles. The van der Waals surface area contributed by atoms with Gasteiger partial charge in [-0.05, 0) is 31.2 Å². The van der Waals surface area contributed by atoms with Crippen LogP contribution < -0.4 is 10.6 Å². The normalized spacial score (nSPS) is 10.6. The van der Waals surface area contributed by atoms with E-state index >= 15 is 0 Å². The summed E-state index contributed by atoms with van der Waals surface area (Å²) < 4.78 is 53.7. The maximum atomic E-state index is 13.7. The molecule has 0 radical (unpaired) electrons. The number of anilines is 4. The Hall–Kier alpha value is -3.16. The smallest absolute Gasteiger partial charge is 0.229 e. The monoisotopic (exact) mass is 348 g/mol. The minimum absolute atomic E-state index is 0.0604. The van der Waals surface area contributed by atoms with Gasteiger partial charge in [0.15, 0.2) is 11.6 Å². The first-order valence-electron chi connectivity index (χ1n) is 7.21. The van der Waals surface area contributed by atoms with Gasteiger partial charge in [-0.3, -0.25) is 0 Å². The standard InChI is InChI=1S/C17H12F4N4/c1-9-7-15(24-16-12(19)3-2-4-13(16)20)25-17(22-9)23-10-5-6-11(18)14(21)8-10/h2-8H,1H3,(H2,22,23,24,25). The maximum Gasteiger partial charge on any atom is 0.229 e. The van der Waals surface area contributed by atoms with Gasteiger partial charge in [0.25, 0.3) is 0 Å². The van der Waals surface area contributed by atoms with Gasteiger partial charge < -0.3 is 10.6 Å². The largest absolute Gasteiger partial charge is 0.335 e. The zero-order valence-electron chi connectivity index (χ0n) is 12.9. The lowest BCUT2D eigenvalue weighted by Crippen LogP contribution is -2.04. The fourth-order valence-corrected chi connectivity index (χ4v) is 2.14. The van der Waals surface area contributed by atoms with E-state index in [-0.39, 0.29) is 23.1 Å². The van der Waals surface area contributed by atoms with Gasteiger partial charge in [0, 0.05) is 23.5 Å². The molecule has 0 fully saturated rings. The van der Waals surface area contributed by atoms with Crippen LogP contribution in [0.4, 0.5) is 40.7 Å². The lowest BCUT2D eigenvalue weighted by Gasteiger charge is -2.11. The number of para-hydroxylation sites is 1. The van der Waals surface area contributed by atoms with Gasteiger partial charge in [0.1, 0.15) is 23.1 Å². The fourth-order valence-electron chi connectivity index (χ4n) is 2.14. The van der Waals surface area contributed by atoms with E-state index in [0.717, 1.165) is 24.3 Å². The molecule has 0 unspecified atom stereocenters. The highest BCUT2D eigenvalue weighted by atomic mass is 19.2. The first-order chi connectivity index (χ1) is 11.9.